The van der Waals surface area contributed by atoms with Gasteiger partial charge in [0.1, 0.15) is 0 Å². The maximum absolute atomic E-state index is 10.5. The van der Waals surface area contributed by atoms with Crippen molar-refractivity contribution in [3.05, 3.63) is 37.3 Å². The van der Waals surface area contributed by atoms with Crippen molar-refractivity contribution in [2.24, 2.45) is 0 Å². The summed E-state index contributed by atoms with van der Waals surface area (Å²) in [5.41, 5.74) is 0.956. The van der Waals surface area contributed by atoms with Crippen molar-refractivity contribution in [1.29, 1.82) is 0 Å². The van der Waals surface area contributed by atoms with Gasteiger partial charge in [0.05, 0.1) is 4.90 Å². The van der Waals surface area contributed by atoms with Crippen LogP contribution in [0.3, 0.4) is 0 Å². The van der Waals surface area contributed by atoms with Crippen molar-refractivity contribution in [2.45, 2.75) is 11.8 Å². The molecule has 1 aromatic carbocycles. The Labute approximate surface area is 104 Å². The predicted octanol–water partition coefficient (Wildman–Crippen LogP) is 1.69. The third-order valence-corrected chi connectivity index (χ3v) is 2.19. The fourth-order valence-electron chi connectivity index (χ4n) is 0.710. The molecule has 1 N–H and O–H groups in total. The van der Waals surface area contributed by atoms with Gasteiger partial charge >= 0.3 is 0 Å². The van der Waals surface area contributed by atoms with E-state index in [9.17, 15) is 8.42 Å². The maximum atomic E-state index is 10.5. The molecule has 0 unspecified atom stereocenters. The van der Waals surface area contributed by atoms with E-state index in [4.69, 9.17) is 4.55 Å². The Morgan fingerprint density at radius 2 is 1.54 bits per heavy atom. The summed E-state index contributed by atoms with van der Waals surface area (Å²) in [6, 6.07) is 5.99. The smallest absolute Gasteiger partial charge is 0.294 e. The normalized spacial score (nSPS) is 9.69. The van der Waals surface area contributed by atoms with Gasteiger partial charge in [-0.3, -0.25) is 4.55 Å². The maximum Gasteiger partial charge on any atom is 0.294 e. The average Bonchev–Trinajstić information content (AvgIpc) is 1.86. The molecule has 0 saturated heterocycles. The molecule has 1 radical (unpaired) electrons. The molecule has 13 heavy (non-hydrogen) atoms. The monoisotopic (exact) mass is 276 g/mol. The van der Waals surface area contributed by atoms with Gasteiger partial charge < -0.3 is 7.43 Å². The molecule has 0 aromatic heterocycles. The number of rotatable bonds is 1. The standard InChI is InChI=1S/C7H8O3S.CH3.Y/c1-6-2-4-7(5-3-6)11(8,9)10;;/h2-5H,1H3,(H,8,9,10);1H3;/q;-1;. The second kappa shape index (κ2) is 5.86. The van der Waals surface area contributed by atoms with Crippen LogP contribution in [-0.2, 0) is 42.8 Å². The molecule has 0 heterocycles. The van der Waals surface area contributed by atoms with Gasteiger partial charge in [-0.25, -0.2) is 0 Å². The van der Waals surface area contributed by atoms with Crippen LogP contribution in [0, 0.1) is 14.4 Å². The third-order valence-electron chi connectivity index (χ3n) is 1.32. The Kier molecular flexibility index (Phi) is 7.07. The minimum Gasteiger partial charge on any atom is -0.358 e. The molecule has 5 heteroatoms. The molecule has 0 saturated carbocycles. The molecular formula is C8H11O3SY-. The van der Waals surface area contributed by atoms with Crippen molar-refractivity contribution >= 4 is 10.1 Å². The fourth-order valence-corrected chi connectivity index (χ4v) is 1.19. The number of benzene rings is 1. The van der Waals surface area contributed by atoms with Crippen LogP contribution in [0.1, 0.15) is 5.56 Å². The van der Waals surface area contributed by atoms with E-state index in [2.05, 4.69) is 0 Å². The topological polar surface area (TPSA) is 54.4 Å². The first-order valence-electron chi connectivity index (χ1n) is 3.04. The summed E-state index contributed by atoms with van der Waals surface area (Å²) >= 11 is 0. The molecule has 0 bridgehead atoms. The Hall–Kier alpha value is 0.234. The molecule has 0 fully saturated rings. The fraction of sp³-hybridized carbons (Fsp3) is 0.125. The van der Waals surface area contributed by atoms with Crippen LogP contribution in [0.15, 0.2) is 29.2 Å². The van der Waals surface area contributed by atoms with Crippen LogP contribution in [0.25, 0.3) is 0 Å². The van der Waals surface area contributed by atoms with E-state index >= 15 is 0 Å². The minimum atomic E-state index is -4.02. The van der Waals surface area contributed by atoms with E-state index in [1.54, 1.807) is 12.1 Å². The Morgan fingerprint density at radius 3 is 1.85 bits per heavy atom. The zero-order valence-corrected chi connectivity index (χ0v) is 11.2. The van der Waals surface area contributed by atoms with E-state index in [1.165, 1.54) is 12.1 Å². The summed E-state index contributed by atoms with van der Waals surface area (Å²) < 4.78 is 29.6. The molecule has 3 nitrogen and oxygen atoms in total. The van der Waals surface area contributed by atoms with E-state index in [0.717, 1.165) is 5.56 Å². The molecular weight excluding hydrogens is 265 g/mol. The van der Waals surface area contributed by atoms with Gasteiger partial charge in [0, 0.05) is 32.7 Å². The SMILES string of the molecule is Cc1ccc(S(=O)(=O)O)cc1.[CH3-].[Y]. The molecule has 0 aliphatic rings. The van der Waals surface area contributed by atoms with Crippen molar-refractivity contribution in [3.8, 4) is 0 Å². The number of hydrogen-bond acceptors (Lipinski definition) is 2. The third kappa shape index (κ3) is 4.86. The molecule has 1 rings (SSSR count). The summed E-state index contributed by atoms with van der Waals surface area (Å²) in [7, 11) is -4.02. The zero-order valence-electron chi connectivity index (χ0n) is 7.56. The van der Waals surface area contributed by atoms with Crippen LogP contribution in [-0.4, -0.2) is 13.0 Å². The Balaban J connectivity index is 0. The largest absolute Gasteiger partial charge is 0.358 e. The van der Waals surface area contributed by atoms with Gasteiger partial charge in [-0.2, -0.15) is 8.42 Å². The van der Waals surface area contributed by atoms with Crippen LogP contribution in [0.5, 0.6) is 0 Å². The quantitative estimate of drug-likeness (QED) is 0.627. The molecule has 0 spiro atoms. The van der Waals surface area contributed by atoms with Crippen LogP contribution >= 0.6 is 0 Å². The van der Waals surface area contributed by atoms with Crippen molar-refractivity contribution in [1.82, 2.24) is 0 Å². The van der Waals surface area contributed by atoms with Gasteiger partial charge in [-0.05, 0) is 19.1 Å². The first kappa shape index (κ1) is 15.7. The molecule has 0 amide bonds. The first-order valence-corrected chi connectivity index (χ1v) is 4.48. The second-order valence-electron chi connectivity index (χ2n) is 2.29. The number of aryl methyl sites for hydroxylation is 1. The van der Waals surface area contributed by atoms with Gasteiger partial charge in [-0.15, -0.1) is 0 Å². The Morgan fingerprint density at radius 1 is 1.15 bits per heavy atom. The van der Waals surface area contributed by atoms with Gasteiger partial charge in [0.15, 0.2) is 0 Å². The van der Waals surface area contributed by atoms with Crippen LogP contribution < -0.4 is 0 Å². The zero-order chi connectivity index (χ0) is 8.48. The molecule has 0 aliphatic heterocycles. The van der Waals surface area contributed by atoms with E-state index < -0.39 is 10.1 Å². The van der Waals surface area contributed by atoms with Gasteiger partial charge in [0.25, 0.3) is 10.1 Å². The minimum absolute atomic E-state index is 0. The molecule has 0 atom stereocenters. The summed E-state index contributed by atoms with van der Waals surface area (Å²) in [5.74, 6) is 0. The summed E-state index contributed by atoms with van der Waals surface area (Å²) in [6.45, 7) is 1.84. The average molecular weight is 276 g/mol. The van der Waals surface area contributed by atoms with Crippen molar-refractivity contribution in [2.75, 3.05) is 0 Å². The summed E-state index contributed by atoms with van der Waals surface area (Å²) in [4.78, 5) is -0.0666. The first-order chi connectivity index (χ1) is 5.00. The van der Waals surface area contributed by atoms with Crippen LogP contribution in [0.4, 0.5) is 0 Å². The van der Waals surface area contributed by atoms with Crippen LogP contribution in [0.2, 0.25) is 0 Å². The predicted molar refractivity (Wildman–Crippen MR) is 47.4 cm³/mol. The Bertz CT molecular complexity index is 342. The molecule has 0 aliphatic carbocycles. The second-order valence-corrected chi connectivity index (χ2v) is 3.71. The summed E-state index contributed by atoms with van der Waals surface area (Å²) in [5, 5.41) is 0. The molecule has 71 valence electrons. The van der Waals surface area contributed by atoms with E-state index in [0.29, 0.717) is 0 Å². The van der Waals surface area contributed by atoms with E-state index in [1.807, 2.05) is 6.92 Å². The summed E-state index contributed by atoms with van der Waals surface area (Å²) in [6.07, 6.45) is 0. The van der Waals surface area contributed by atoms with Crippen molar-refractivity contribution < 1.29 is 45.7 Å². The van der Waals surface area contributed by atoms with E-state index in [-0.39, 0.29) is 45.0 Å². The van der Waals surface area contributed by atoms with Gasteiger partial charge in [0.2, 0.25) is 0 Å². The van der Waals surface area contributed by atoms with Crippen molar-refractivity contribution in [3.63, 3.8) is 0 Å². The number of hydrogen-bond donors (Lipinski definition) is 1. The molecule has 1 aromatic rings. The van der Waals surface area contributed by atoms with Gasteiger partial charge in [-0.1, -0.05) is 17.7 Å².